The summed E-state index contributed by atoms with van der Waals surface area (Å²) in [5.74, 6) is -0.0648. The number of benzene rings is 2. The lowest BCUT2D eigenvalue weighted by Crippen LogP contribution is -2.34. The second kappa shape index (κ2) is 8.42. The summed E-state index contributed by atoms with van der Waals surface area (Å²) in [4.78, 5) is 25.9. The molecule has 0 radical (unpaired) electrons. The number of esters is 1. The van der Waals surface area contributed by atoms with Crippen LogP contribution in [0.5, 0.6) is 11.5 Å². The van der Waals surface area contributed by atoms with Gasteiger partial charge in [0.25, 0.3) is 5.91 Å². The minimum Gasteiger partial charge on any atom is -0.454 e. The Kier molecular flexibility index (Phi) is 5.95. The van der Waals surface area contributed by atoms with Gasteiger partial charge in [0, 0.05) is 13.1 Å². The van der Waals surface area contributed by atoms with Gasteiger partial charge in [-0.05, 0) is 48.9 Å². The average molecular weight is 409 g/mol. The van der Waals surface area contributed by atoms with Gasteiger partial charge in [-0.3, -0.25) is 4.79 Å². The second-order valence-electron chi connectivity index (χ2n) is 6.25. The number of halogens is 3. The van der Waals surface area contributed by atoms with Gasteiger partial charge in [-0.2, -0.15) is 13.2 Å². The van der Waals surface area contributed by atoms with Gasteiger partial charge in [-0.1, -0.05) is 6.07 Å². The number of carbonyl (C=O) groups is 2. The molecular weight excluding hydrogens is 391 g/mol. The van der Waals surface area contributed by atoms with E-state index in [1.807, 2.05) is 0 Å². The van der Waals surface area contributed by atoms with Crippen molar-refractivity contribution in [1.29, 1.82) is 0 Å². The van der Waals surface area contributed by atoms with Crippen LogP contribution < -0.4 is 9.47 Å². The van der Waals surface area contributed by atoms with E-state index in [4.69, 9.17) is 14.2 Å². The molecular formula is C20H18F3NO5. The molecule has 0 bridgehead atoms. The maximum Gasteiger partial charge on any atom is 0.416 e. The molecule has 0 saturated carbocycles. The molecule has 29 heavy (non-hydrogen) atoms. The van der Waals surface area contributed by atoms with Gasteiger partial charge >= 0.3 is 12.1 Å². The number of likely N-dealkylation sites (N-methyl/N-ethyl adjacent to an activating group) is 1. The Morgan fingerprint density at radius 2 is 1.76 bits per heavy atom. The highest BCUT2D eigenvalue weighted by Gasteiger charge is 2.30. The first-order valence-electron chi connectivity index (χ1n) is 8.78. The van der Waals surface area contributed by atoms with Crippen molar-refractivity contribution < 1.29 is 37.0 Å². The Bertz CT molecular complexity index is 896. The van der Waals surface area contributed by atoms with Gasteiger partial charge < -0.3 is 19.1 Å². The number of hydrogen-bond acceptors (Lipinski definition) is 5. The lowest BCUT2D eigenvalue weighted by Gasteiger charge is -2.21. The Morgan fingerprint density at radius 1 is 1.07 bits per heavy atom. The molecule has 0 aliphatic carbocycles. The summed E-state index contributed by atoms with van der Waals surface area (Å²) in [7, 11) is 0. The van der Waals surface area contributed by atoms with Crippen molar-refractivity contribution in [2.75, 3.05) is 19.9 Å². The molecule has 9 heteroatoms. The van der Waals surface area contributed by atoms with Crippen molar-refractivity contribution >= 4 is 11.9 Å². The van der Waals surface area contributed by atoms with E-state index in [9.17, 15) is 22.8 Å². The quantitative estimate of drug-likeness (QED) is 0.682. The average Bonchev–Trinajstić information content (AvgIpc) is 3.17. The van der Waals surface area contributed by atoms with Crippen LogP contribution in [0.1, 0.15) is 28.4 Å². The predicted molar refractivity (Wildman–Crippen MR) is 95.4 cm³/mol. The number of nitrogens with zero attached hydrogens (tertiary/aromatic N) is 1. The summed E-state index contributed by atoms with van der Waals surface area (Å²) in [6.45, 7) is 2.07. The van der Waals surface area contributed by atoms with Crippen LogP contribution in [0.2, 0.25) is 0 Å². The molecule has 1 heterocycles. The minimum atomic E-state index is -4.49. The molecule has 1 aliphatic heterocycles. The number of carbonyl (C=O) groups excluding carboxylic acids is 2. The molecule has 0 atom stereocenters. The number of rotatable bonds is 6. The van der Waals surface area contributed by atoms with Gasteiger partial charge in [0.1, 0.15) is 0 Å². The molecule has 0 spiro atoms. The van der Waals surface area contributed by atoms with E-state index in [1.165, 1.54) is 4.90 Å². The maximum absolute atomic E-state index is 12.6. The van der Waals surface area contributed by atoms with Crippen LogP contribution >= 0.6 is 0 Å². The van der Waals surface area contributed by atoms with Gasteiger partial charge in [0.05, 0.1) is 11.1 Å². The van der Waals surface area contributed by atoms with E-state index in [0.29, 0.717) is 18.0 Å². The van der Waals surface area contributed by atoms with E-state index < -0.39 is 30.2 Å². The number of hydrogen-bond donors (Lipinski definition) is 0. The third-order valence-electron chi connectivity index (χ3n) is 4.32. The molecule has 3 rings (SSSR count). The highest BCUT2D eigenvalue weighted by atomic mass is 19.4. The van der Waals surface area contributed by atoms with E-state index in [-0.39, 0.29) is 18.9 Å². The normalized spacial score (nSPS) is 12.6. The monoisotopic (exact) mass is 409 g/mol. The van der Waals surface area contributed by atoms with Crippen LogP contribution in [-0.4, -0.2) is 36.7 Å². The number of amides is 1. The third kappa shape index (κ3) is 4.98. The molecule has 154 valence electrons. The van der Waals surface area contributed by atoms with Gasteiger partial charge in [-0.25, -0.2) is 4.79 Å². The molecule has 0 saturated heterocycles. The van der Waals surface area contributed by atoms with Crippen LogP contribution in [0.4, 0.5) is 13.2 Å². The third-order valence-corrected chi connectivity index (χ3v) is 4.32. The van der Waals surface area contributed by atoms with E-state index in [2.05, 4.69) is 0 Å². The van der Waals surface area contributed by atoms with Crippen LogP contribution in [-0.2, 0) is 22.3 Å². The molecule has 0 aromatic heterocycles. The summed E-state index contributed by atoms with van der Waals surface area (Å²) >= 11 is 0. The fraction of sp³-hybridized carbons (Fsp3) is 0.300. The molecule has 0 fully saturated rings. The van der Waals surface area contributed by atoms with Crippen molar-refractivity contribution in [3.8, 4) is 11.5 Å². The van der Waals surface area contributed by atoms with Crippen molar-refractivity contribution in [2.45, 2.75) is 19.6 Å². The first-order valence-corrected chi connectivity index (χ1v) is 8.78. The number of ether oxygens (including phenoxy) is 3. The van der Waals surface area contributed by atoms with Crippen molar-refractivity contribution in [1.82, 2.24) is 4.90 Å². The molecule has 0 N–H and O–H groups in total. The summed E-state index contributed by atoms with van der Waals surface area (Å²) < 4.78 is 53.2. The van der Waals surface area contributed by atoms with Crippen LogP contribution in [0.3, 0.4) is 0 Å². The Labute approximate surface area is 164 Å². The Balaban J connectivity index is 1.56. The lowest BCUT2D eigenvalue weighted by molar-refractivity contribution is -0.137. The molecule has 1 aliphatic rings. The first kappa shape index (κ1) is 20.5. The van der Waals surface area contributed by atoms with Crippen LogP contribution in [0, 0.1) is 0 Å². The van der Waals surface area contributed by atoms with Crippen LogP contribution in [0.25, 0.3) is 0 Å². The van der Waals surface area contributed by atoms with Gasteiger partial charge in [0.2, 0.25) is 6.79 Å². The summed E-state index contributed by atoms with van der Waals surface area (Å²) in [6, 6.07) is 8.93. The van der Waals surface area contributed by atoms with Crippen LogP contribution in [0.15, 0.2) is 42.5 Å². The SMILES string of the molecule is CCN(Cc1ccc2c(c1)OCO2)C(=O)COC(=O)c1ccc(C(F)(F)F)cc1. The molecule has 1 amide bonds. The van der Waals surface area contributed by atoms with Crippen molar-refractivity contribution in [3.05, 3.63) is 59.2 Å². The Morgan fingerprint density at radius 3 is 2.41 bits per heavy atom. The summed E-state index contributed by atoms with van der Waals surface area (Å²) in [5, 5.41) is 0. The smallest absolute Gasteiger partial charge is 0.416 e. The van der Waals surface area contributed by atoms with E-state index in [0.717, 1.165) is 29.8 Å². The molecule has 0 unspecified atom stereocenters. The topological polar surface area (TPSA) is 65.1 Å². The fourth-order valence-corrected chi connectivity index (χ4v) is 2.73. The minimum absolute atomic E-state index is 0.0652. The second-order valence-corrected chi connectivity index (χ2v) is 6.25. The van der Waals surface area contributed by atoms with Crippen molar-refractivity contribution in [2.24, 2.45) is 0 Å². The zero-order chi connectivity index (χ0) is 21.0. The molecule has 2 aromatic carbocycles. The first-order chi connectivity index (χ1) is 13.8. The predicted octanol–water partition coefficient (Wildman–Crippen LogP) is 3.64. The van der Waals surface area contributed by atoms with Gasteiger partial charge in [-0.15, -0.1) is 0 Å². The van der Waals surface area contributed by atoms with Crippen molar-refractivity contribution in [3.63, 3.8) is 0 Å². The van der Waals surface area contributed by atoms with Gasteiger partial charge in [0.15, 0.2) is 18.1 Å². The number of alkyl halides is 3. The molecule has 2 aromatic rings. The molecule has 6 nitrogen and oxygen atoms in total. The highest BCUT2D eigenvalue weighted by Crippen LogP contribution is 2.33. The standard InChI is InChI=1S/C20H18F3NO5/c1-2-24(10-13-3-8-16-17(9-13)29-12-28-16)18(25)11-27-19(26)14-4-6-15(7-5-14)20(21,22)23/h3-9H,2,10-12H2,1H3. The number of fused-ring (bicyclic) bond motifs is 1. The lowest BCUT2D eigenvalue weighted by atomic mass is 10.1. The van der Waals surface area contributed by atoms with E-state index >= 15 is 0 Å². The van der Waals surface area contributed by atoms with E-state index in [1.54, 1.807) is 25.1 Å². The zero-order valence-electron chi connectivity index (χ0n) is 15.5. The largest absolute Gasteiger partial charge is 0.454 e. The zero-order valence-corrected chi connectivity index (χ0v) is 15.5. The Hall–Kier alpha value is -3.23. The maximum atomic E-state index is 12.6. The highest BCUT2D eigenvalue weighted by molar-refractivity contribution is 5.91. The fourth-order valence-electron chi connectivity index (χ4n) is 2.73. The summed E-state index contributed by atoms with van der Waals surface area (Å²) in [6.07, 6.45) is -4.49. The summed E-state index contributed by atoms with van der Waals surface area (Å²) in [5.41, 5.74) is -0.117.